The van der Waals surface area contributed by atoms with Crippen LogP contribution in [0.5, 0.6) is 5.75 Å². The molecule has 0 aromatic heterocycles. The minimum atomic E-state index is -0.977. The first-order chi connectivity index (χ1) is 13.0. The van der Waals surface area contributed by atoms with E-state index in [0.717, 1.165) is 5.56 Å². The van der Waals surface area contributed by atoms with E-state index in [1.54, 1.807) is 12.1 Å². The average Bonchev–Trinajstić information content (AvgIpc) is 2.66. The molecule has 142 valence electrons. The quantitative estimate of drug-likeness (QED) is 0.780. The lowest BCUT2D eigenvalue weighted by Crippen LogP contribution is -2.26. The van der Waals surface area contributed by atoms with Crippen LogP contribution in [0.1, 0.15) is 33.5 Å². The lowest BCUT2D eigenvalue weighted by molar-refractivity contribution is -0.121. The molecule has 0 aliphatic carbocycles. The molecule has 3 rings (SSSR count). The van der Waals surface area contributed by atoms with Crippen LogP contribution in [0.15, 0.2) is 36.4 Å². The van der Waals surface area contributed by atoms with Gasteiger partial charge < -0.3 is 19.9 Å². The topological polar surface area (TPSA) is 84.9 Å². The van der Waals surface area contributed by atoms with Gasteiger partial charge in [0.15, 0.2) is 6.79 Å². The summed E-state index contributed by atoms with van der Waals surface area (Å²) in [5.74, 6) is -0.814. The van der Waals surface area contributed by atoms with Gasteiger partial charge in [-0.25, -0.2) is 9.18 Å². The summed E-state index contributed by atoms with van der Waals surface area (Å²) in [7, 11) is 0. The molecule has 1 heterocycles. The van der Waals surface area contributed by atoms with Gasteiger partial charge in [-0.3, -0.25) is 4.79 Å². The standard InChI is InChI=1S/C20H20FNO5/c21-17-9-15(19-16(10-17)11-26-12-27-19)7-8-22-18(23)6-3-13-1-4-14(5-2-13)20(24)25/h1-2,4-5,9-10H,3,6-8,11-12H2,(H,22,23)(H,24,25). The van der Waals surface area contributed by atoms with E-state index in [2.05, 4.69) is 5.32 Å². The second kappa shape index (κ2) is 8.64. The highest BCUT2D eigenvalue weighted by Gasteiger charge is 2.17. The number of hydrogen-bond acceptors (Lipinski definition) is 4. The first-order valence-corrected chi connectivity index (χ1v) is 8.63. The van der Waals surface area contributed by atoms with Crippen molar-refractivity contribution in [3.63, 3.8) is 0 Å². The average molecular weight is 373 g/mol. The molecule has 2 aromatic rings. The number of carboxylic acids is 1. The molecule has 6 nitrogen and oxygen atoms in total. The van der Waals surface area contributed by atoms with E-state index < -0.39 is 5.97 Å². The summed E-state index contributed by atoms with van der Waals surface area (Å²) in [5, 5.41) is 11.7. The van der Waals surface area contributed by atoms with Gasteiger partial charge in [-0.05, 0) is 48.2 Å². The number of aryl methyl sites for hydroxylation is 1. The number of aromatic carboxylic acids is 1. The summed E-state index contributed by atoms with van der Waals surface area (Å²) < 4.78 is 24.3. The number of ether oxygens (including phenoxy) is 2. The summed E-state index contributed by atoms with van der Waals surface area (Å²) >= 11 is 0. The molecular weight excluding hydrogens is 353 g/mol. The third-order valence-electron chi connectivity index (χ3n) is 4.31. The lowest BCUT2D eigenvalue weighted by Gasteiger charge is -2.21. The second-order valence-corrected chi connectivity index (χ2v) is 6.27. The maximum Gasteiger partial charge on any atom is 0.335 e. The molecule has 0 saturated heterocycles. The molecule has 2 N–H and O–H groups in total. The summed E-state index contributed by atoms with van der Waals surface area (Å²) in [6.07, 6.45) is 1.26. The van der Waals surface area contributed by atoms with Crippen molar-refractivity contribution in [1.82, 2.24) is 5.32 Å². The number of carbonyl (C=O) groups is 2. The number of hydrogen-bond donors (Lipinski definition) is 2. The molecule has 2 aromatic carbocycles. The van der Waals surface area contributed by atoms with Gasteiger partial charge >= 0.3 is 5.97 Å². The van der Waals surface area contributed by atoms with Crippen LogP contribution in [0.2, 0.25) is 0 Å². The predicted molar refractivity (Wildman–Crippen MR) is 95.1 cm³/mol. The summed E-state index contributed by atoms with van der Waals surface area (Å²) in [5.41, 5.74) is 2.49. The molecule has 0 spiro atoms. The van der Waals surface area contributed by atoms with E-state index in [-0.39, 0.29) is 30.5 Å². The van der Waals surface area contributed by atoms with Gasteiger partial charge in [-0.2, -0.15) is 0 Å². The Bertz CT molecular complexity index is 835. The van der Waals surface area contributed by atoms with Crippen LogP contribution in [-0.2, 0) is 29.0 Å². The van der Waals surface area contributed by atoms with Crippen LogP contribution in [0, 0.1) is 5.82 Å². The fourth-order valence-corrected chi connectivity index (χ4v) is 2.94. The Labute approximate surface area is 155 Å². The molecule has 0 radical (unpaired) electrons. The molecule has 0 saturated carbocycles. The van der Waals surface area contributed by atoms with E-state index in [1.807, 2.05) is 0 Å². The van der Waals surface area contributed by atoms with Crippen molar-refractivity contribution in [2.24, 2.45) is 0 Å². The number of benzene rings is 2. The van der Waals surface area contributed by atoms with Crippen LogP contribution in [0.25, 0.3) is 0 Å². The van der Waals surface area contributed by atoms with Crippen LogP contribution < -0.4 is 10.1 Å². The Morgan fingerprint density at radius 1 is 1.15 bits per heavy atom. The van der Waals surface area contributed by atoms with Gasteiger partial charge in [0, 0.05) is 18.5 Å². The minimum absolute atomic E-state index is 0.119. The van der Waals surface area contributed by atoms with Crippen molar-refractivity contribution in [1.29, 1.82) is 0 Å². The zero-order valence-corrected chi connectivity index (χ0v) is 14.7. The normalized spacial score (nSPS) is 12.8. The van der Waals surface area contributed by atoms with Crippen molar-refractivity contribution >= 4 is 11.9 Å². The van der Waals surface area contributed by atoms with Gasteiger partial charge in [-0.15, -0.1) is 0 Å². The van der Waals surface area contributed by atoms with Gasteiger partial charge in [0.2, 0.25) is 5.91 Å². The molecule has 0 bridgehead atoms. The van der Waals surface area contributed by atoms with E-state index in [0.29, 0.717) is 42.9 Å². The van der Waals surface area contributed by atoms with Crippen molar-refractivity contribution in [2.45, 2.75) is 25.9 Å². The van der Waals surface area contributed by atoms with Gasteiger partial charge in [0.25, 0.3) is 0 Å². The number of fused-ring (bicyclic) bond motifs is 1. The second-order valence-electron chi connectivity index (χ2n) is 6.27. The summed E-state index contributed by atoms with van der Waals surface area (Å²) in [6.45, 7) is 0.822. The maximum atomic E-state index is 13.7. The van der Waals surface area contributed by atoms with Crippen molar-refractivity contribution in [2.75, 3.05) is 13.3 Å². The molecule has 1 aliphatic heterocycles. The molecule has 0 fully saturated rings. The fourth-order valence-electron chi connectivity index (χ4n) is 2.94. The van der Waals surface area contributed by atoms with Gasteiger partial charge in [-0.1, -0.05) is 12.1 Å². The Morgan fingerprint density at radius 2 is 1.93 bits per heavy atom. The summed E-state index contributed by atoms with van der Waals surface area (Å²) in [4.78, 5) is 22.8. The molecule has 1 aliphatic rings. The largest absolute Gasteiger partial charge is 0.478 e. The van der Waals surface area contributed by atoms with E-state index in [4.69, 9.17) is 14.6 Å². The van der Waals surface area contributed by atoms with E-state index >= 15 is 0 Å². The zero-order valence-electron chi connectivity index (χ0n) is 14.7. The number of rotatable bonds is 7. The highest BCUT2D eigenvalue weighted by Crippen LogP contribution is 2.29. The van der Waals surface area contributed by atoms with Crippen molar-refractivity contribution in [3.05, 3.63) is 64.5 Å². The predicted octanol–water partition coefficient (Wildman–Crippen LogP) is 2.68. The highest BCUT2D eigenvalue weighted by molar-refractivity contribution is 5.87. The lowest BCUT2D eigenvalue weighted by atomic mass is 10.0. The fraction of sp³-hybridized carbons (Fsp3) is 0.300. The third-order valence-corrected chi connectivity index (χ3v) is 4.31. The first-order valence-electron chi connectivity index (χ1n) is 8.63. The number of carbonyl (C=O) groups excluding carboxylic acids is 1. The Morgan fingerprint density at radius 3 is 2.67 bits per heavy atom. The number of carboxylic acid groups (broad SMARTS) is 1. The Kier molecular flexibility index (Phi) is 6.03. The summed E-state index contributed by atoms with van der Waals surface area (Å²) in [6, 6.07) is 9.26. The van der Waals surface area contributed by atoms with Crippen LogP contribution >= 0.6 is 0 Å². The highest BCUT2D eigenvalue weighted by atomic mass is 19.1. The zero-order chi connectivity index (χ0) is 19.2. The monoisotopic (exact) mass is 373 g/mol. The first kappa shape index (κ1) is 18.8. The number of nitrogens with one attached hydrogen (secondary N) is 1. The minimum Gasteiger partial charge on any atom is -0.478 e. The molecule has 1 amide bonds. The molecule has 27 heavy (non-hydrogen) atoms. The van der Waals surface area contributed by atoms with Crippen LogP contribution in [-0.4, -0.2) is 30.3 Å². The Balaban J connectivity index is 1.47. The SMILES string of the molecule is O=C(CCc1ccc(C(=O)O)cc1)NCCc1cc(F)cc2c1OCOC2. The van der Waals surface area contributed by atoms with Gasteiger partial charge in [0.05, 0.1) is 12.2 Å². The molecule has 7 heteroatoms. The Hall–Kier alpha value is -2.93. The number of amides is 1. The van der Waals surface area contributed by atoms with Crippen LogP contribution in [0.3, 0.4) is 0 Å². The van der Waals surface area contributed by atoms with Crippen molar-refractivity contribution in [3.8, 4) is 5.75 Å². The maximum absolute atomic E-state index is 13.7. The molecular formula is C20H20FNO5. The van der Waals surface area contributed by atoms with E-state index in [9.17, 15) is 14.0 Å². The van der Waals surface area contributed by atoms with E-state index in [1.165, 1.54) is 24.3 Å². The number of halogens is 1. The molecule has 0 unspecified atom stereocenters. The van der Waals surface area contributed by atoms with Crippen molar-refractivity contribution < 1.29 is 28.6 Å². The van der Waals surface area contributed by atoms with Crippen LogP contribution in [0.4, 0.5) is 4.39 Å². The smallest absolute Gasteiger partial charge is 0.335 e. The van der Waals surface area contributed by atoms with Gasteiger partial charge in [0.1, 0.15) is 11.6 Å². The molecule has 0 atom stereocenters. The third kappa shape index (κ3) is 5.04.